The Morgan fingerprint density at radius 1 is 1.41 bits per heavy atom. The van der Waals surface area contributed by atoms with Crippen LogP contribution in [0.15, 0.2) is 23.6 Å². The van der Waals surface area contributed by atoms with E-state index < -0.39 is 17.2 Å². The van der Waals surface area contributed by atoms with Crippen LogP contribution in [0.25, 0.3) is 0 Å². The fourth-order valence-corrected chi connectivity index (χ4v) is 2.10. The van der Waals surface area contributed by atoms with Crippen LogP contribution in [0, 0.1) is 5.92 Å². The van der Waals surface area contributed by atoms with Gasteiger partial charge in [-0.05, 0) is 5.92 Å². The summed E-state index contributed by atoms with van der Waals surface area (Å²) < 4.78 is 0. The van der Waals surface area contributed by atoms with Gasteiger partial charge >= 0.3 is 6.03 Å². The second-order valence-corrected chi connectivity index (χ2v) is 4.84. The Balaban J connectivity index is 2.73. The number of nitrogens with zero attached hydrogens (tertiary/aromatic N) is 2. The molecule has 7 heteroatoms. The topological polar surface area (TPSA) is 98.0 Å². The van der Waals surface area contributed by atoms with Crippen molar-refractivity contribution < 1.29 is 9.59 Å². The maximum atomic E-state index is 11.7. The highest BCUT2D eigenvalue weighted by Crippen LogP contribution is 2.25. The van der Waals surface area contributed by atoms with Crippen LogP contribution < -0.4 is 11.1 Å². The molecule has 0 aromatic carbocycles. The van der Waals surface area contributed by atoms with Crippen LogP contribution in [-0.2, 0) is 4.79 Å². The molecule has 0 aliphatic rings. The maximum absolute atomic E-state index is 11.7. The molecular weight excluding hydrogens is 240 g/mol. The van der Waals surface area contributed by atoms with E-state index in [4.69, 9.17) is 5.73 Å². The minimum absolute atomic E-state index is 0.0429. The summed E-state index contributed by atoms with van der Waals surface area (Å²) in [5, 5.41) is 2.27. The summed E-state index contributed by atoms with van der Waals surface area (Å²) in [4.78, 5) is 30.3. The Morgan fingerprint density at radius 3 is 2.59 bits per heavy atom. The summed E-state index contributed by atoms with van der Waals surface area (Å²) in [6.45, 7) is 3.77. The standard InChI is InChI=1S/C10H14N4O2S/c1-6(2)8(9(15)14-10(11)16)17-7-5-12-3-4-13-7/h3-6,8H,1-2H3,(H3,11,14,15,16)/t8-/m0/s1. The fourth-order valence-electron chi connectivity index (χ4n) is 1.16. The monoisotopic (exact) mass is 254 g/mol. The van der Waals surface area contributed by atoms with Gasteiger partial charge in [-0.25, -0.2) is 9.78 Å². The zero-order valence-corrected chi connectivity index (χ0v) is 10.4. The van der Waals surface area contributed by atoms with Gasteiger partial charge in [0, 0.05) is 12.4 Å². The highest BCUT2D eigenvalue weighted by molar-refractivity contribution is 8.00. The van der Waals surface area contributed by atoms with Crippen molar-refractivity contribution in [2.24, 2.45) is 11.7 Å². The molecule has 0 saturated heterocycles. The fraction of sp³-hybridized carbons (Fsp3) is 0.400. The van der Waals surface area contributed by atoms with Crippen molar-refractivity contribution in [3.05, 3.63) is 18.6 Å². The number of aromatic nitrogens is 2. The van der Waals surface area contributed by atoms with Gasteiger partial charge in [0.1, 0.15) is 5.03 Å². The molecule has 0 aliphatic heterocycles. The minimum atomic E-state index is -0.847. The molecule has 3 amide bonds. The lowest BCUT2D eigenvalue weighted by Gasteiger charge is -2.17. The van der Waals surface area contributed by atoms with Crippen LogP contribution in [0.3, 0.4) is 0 Å². The average molecular weight is 254 g/mol. The zero-order chi connectivity index (χ0) is 12.8. The third-order valence-electron chi connectivity index (χ3n) is 1.90. The highest BCUT2D eigenvalue weighted by Gasteiger charge is 2.24. The first-order valence-electron chi connectivity index (χ1n) is 5.03. The number of rotatable bonds is 4. The van der Waals surface area contributed by atoms with Crippen molar-refractivity contribution in [2.45, 2.75) is 24.1 Å². The van der Waals surface area contributed by atoms with Gasteiger partial charge in [-0.3, -0.25) is 15.1 Å². The molecule has 1 heterocycles. The number of thioether (sulfide) groups is 1. The molecule has 17 heavy (non-hydrogen) atoms. The number of carbonyl (C=O) groups excluding carboxylic acids is 2. The number of primary amides is 1. The summed E-state index contributed by atoms with van der Waals surface area (Å²) >= 11 is 1.25. The number of nitrogens with two attached hydrogens (primary N) is 1. The van der Waals surface area contributed by atoms with Crippen molar-refractivity contribution in [1.82, 2.24) is 15.3 Å². The van der Waals surface area contributed by atoms with Gasteiger partial charge in [0.15, 0.2) is 0 Å². The molecule has 1 rings (SSSR count). The van der Waals surface area contributed by atoms with E-state index in [1.165, 1.54) is 11.8 Å². The zero-order valence-electron chi connectivity index (χ0n) is 9.58. The van der Waals surface area contributed by atoms with Crippen LogP contribution in [0.1, 0.15) is 13.8 Å². The summed E-state index contributed by atoms with van der Waals surface area (Å²) in [5.41, 5.74) is 4.92. The van der Waals surface area contributed by atoms with E-state index in [2.05, 4.69) is 15.3 Å². The van der Waals surface area contributed by atoms with E-state index in [-0.39, 0.29) is 5.92 Å². The number of amides is 3. The number of hydrogen-bond donors (Lipinski definition) is 2. The van der Waals surface area contributed by atoms with Crippen molar-refractivity contribution in [3.63, 3.8) is 0 Å². The molecule has 1 aromatic heterocycles. The molecule has 0 spiro atoms. The Bertz CT molecular complexity index is 397. The Kier molecular flexibility index (Phi) is 4.89. The van der Waals surface area contributed by atoms with Gasteiger partial charge in [0.2, 0.25) is 5.91 Å². The molecule has 0 radical (unpaired) electrons. The smallest absolute Gasteiger partial charge is 0.318 e. The van der Waals surface area contributed by atoms with Crippen LogP contribution in [0.2, 0.25) is 0 Å². The summed E-state index contributed by atoms with van der Waals surface area (Å²) in [6, 6.07) is -0.847. The average Bonchev–Trinajstić information content (AvgIpc) is 2.25. The molecule has 92 valence electrons. The van der Waals surface area contributed by atoms with Crippen molar-refractivity contribution in [3.8, 4) is 0 Å². The SMILES string of the molecule is CC(C)[C@H](Sc1cnccn1)C(=O)NC(N)=O. The Morgan fingerprint density at radius 2 is 2.12 bits per heavy atom. The van der Waals surface area contributed by atoms with Crippen molar-refractivity contribution in [2.75, 3.05) is 0 Å². The Labute approximate surface area is 103 Å². The summed E-state index contributed by atoms with van der Waals surface area (Å²) in [7, 11) is 0. The number of carbonyl (C=O) groups is 2. The lowest BCUT2D eigenvalue weighted by Crippen LogP contribution is -2.42. The second-order valence-electron chi connectivity index (χ2n) is 3.68. The van der Waals surface area contributed by atoms with E-state index in [1.807, 2.05) is 13.8 Å². The van der Waals surface area contributed by atoms with Gasteiger partial charge in [0.05, 0.1) is 11.4 Å². The lowest BCUT2D eigenvalue weighted by molar-refractivity contribution is -0.120. The van der Waals surface area contributed by atoms with Gasteiger partial charge in [-0.2, -0.15) is 0 Å². The first-order chi connectivity index (χ1) is 8.00. The first kappa shape index (κ1) is 13.4. The molecule has 1 atom stereocenters. The van der Waals surface area contributed by atoms with Crippen LogP contribution >= 0.6 is 11.8 Å². The third-order valence-corrected chi connectivity index (χ3v) is 3.36. The maximum Gasteiger partial charge on any atom is 0.318 e. The normalized spacial score (nSPS) is 12.2. The van der Waals surface area contributed by atoms with E-state index in [9.17, 15) is 9.59 Å². The van der Waals surface area contributed by atoms with Crippen molar-refractivity contribution in [1.29, 1.82) is 0 Å². The molecule has 1 aromatic rings. The number of hydrogen-bond acceptors (Lipinski definition) is 5. The third kappa shape index (κ3) is 4.39. The number of imide groups is 1. The van der Waals surface area contributed by atoms with Crippen molar-refractivity contribution >= 4 is 23.7 Å². The first-order valence-corrected chi connectivity index (χ1v) is 5.91. The summed E-state index contributed by atoms with van der Waals surface area (Å²) in [5.74, 6) is -0.371. The Hall–Kier alpha value is -1.63. The van der Waals surface area contributed by atoms with Gasteiger partial charge in [-0.15, -0.1) is 0 Å². The largest absolute Gasteiger partial charge is 0.351 e. The second kappa shape index (κ2) is 6.19. The van der Waals surface area contributed by atoms with E-state index in [1.54, 1.807) is 18.6 Å². The molecule has 0 aliphatic carbocycles. The van der Waals surface area contributed by atoms with Crippen LogP contribution in [0.4, 0.5) is 4.79 Å². The number of nitrogens with one attached hydrogen (secondary N) is 1. The molecule has 0 saturated carbocycles. The molecule has 0 bridgehead atoms. The molecule has 3 N–H and O–H groups in total. The molecular formula is C10H14N4O2S. The number of urea groups is 1. The lowest BCUT2D eigenvalue weighted by atomic mass is 10.1. The van der Waals surface area contributed by atoms with E-state index in [0.717, 1.165) is 0 Å². The molecule has 0 unspecified atom stereocenters. The van der Waals surface area contributed by atoms with Crippen LogP contribution in [-0.4, -0.2) is 27.2 Å². The molecule has 6 nitrogen and oxygen atoms in total. The van der Waals surface area contributed by atoms with Gasteiger partial charge in [-0.1, -0.05) is 25.6 Å². The minimum Gasteiger partial charge on any atom is -0.351 e. The quantitative estimate of drug-likeness (QED) is 0.774. The van der Waals surface area contributed by atoms with E-state index >= 15 is 0 Å². The van der Waals surface area contributed by atoms with Gasteiger partial charge < -0.3 is 5.73 Å². The summed E-state index contributed by atoms with van der Waals surface area (Å²) in [6.07, 6.45) is 4.67. The van der Waals surface area contributed by atoms with E-state index in [0.29, 0.717) is 5.03 Å². The van der Waals surface area contributed by atoms with Crippen LogP contribution in [0.5, 0.6) is 0 Å². The predicted octanol–water partition coefficient (Wildman–Crippen LogP) is 0.788. The highest BCUT2D eigenvalue weighted by atomic mass is 32.2. The predicted molar refractivity (Wildman–Crippen MR) is 64.2 cm³/mol. The molecule has 0 fully saturated rings. The van der Waals surface area contributed by atoms with Gasteiger partial charge in [0.25, 0.3) is 0 Å².